The molecule has 0 aromatic carbocycles. The first-order valence-corrected chi connectivity index (χ1v) is 8.58. The Morgan fingerprint density at radius 3 is 2.86 bits per heavy atom. The van der Waals surface area contributed by atoms with E-state index in [0.717, 1.165) is 0 Å². The molecule has 0 spiro atoms. The van der Waals surface area contributed by atoms with E-state index in [4.69, 9.17) is 4.74 Å². The van der Waals surface area contributed by atoms with Gasteiger partial charge in [0.1, 0.15) is 0 Å². The van der Waals surface area contributed by atoms with Gasteiger partial charge in [-0.2, -0.15) is 0 Å². The van der Waals surface area contributed by atoms with Crippen LogP contribution in [0.2, 0.25) is 0 Å². The van der Waals surface area contributed by atoms with E-state index < -0.39 is 5.60 Å². The summed E-state index contributed by atoms with van der Waals surface area (Å²) in [5, 5.41) is 16.1. The van der Waals surface area contributed by atoms with Gasteiger partial charge in [-0.25, -0.2) is 0 Å². The lowest BCUT2D eigenvalue weighted by Crippen LogP contribution is -2.45. The summed E-state index contributed by atoms with van der Waals surface area (Å²) in [5.74, 6) is -0.153. The number of carbonyl (C=O) groups excluding carboxylic acids is 1. The predicted octanol–water partition coefficient (Wildman–Crippen LogP) is 2.88. The first kappa shape index (κ1) is 16.5. The first-order valence-electron chi connectivity index (χ1n) is 7.70. The third-order valence-corrected chi connectivity index (χ3v) is 5.30. The maximum Gasteiger partial charge on any atom is 0.308 e. The minimum atomic E-state index is -0.700. The Balaban J connectivity index is 1.78. The van der Waals surface area contributed by atoms with Crippen molar-refractivity contribution < 1.29 is 14.6 Å². The molecule has 1 aromatic rings. The maximum atomic E-state index is 11.7. The van der Waals surface area contributed by atoms with Crippen LogP contribution in [0.1, 0.15) is 50.4 Å². The Bertz CT molecular complexity index is 438. The van der Waals surface area contributed by atoms with Crippen molar-refractivity contribution in [3.63, 3.8) is 0 Å². The van der Waals surface area contributed by atoms with E-state index in [1.807, 2.05) is 13.0 Å². The van der Waals surface area contributed by atoms with Crippen molar-refractivity contribution in [1.82, 2.24) is 5.32 Å². The number of rotatable bonds is 6. The summed E-state index contributed by atoms with van der Waals surface area (Å²) in [6.07, 6.45) is 2.73. The van der Waals surface area contributed by atoms with Gasteiger partial charge in [-0.1, -0.05) is 6.07 Å². The molecular formula is C16H25NO3S. The van der Waals surface area contributed by atoms with Crippen molar-refractivity contribution in [3.05, 3.63) is 22.4 Å². The van der Waals surface area contributed by atoms with Crippen LogP contribution in [-0.4, -0.2) is 29.8 Å². The number of hydrogen-bond donors (Lipinski definition) is 2. The lowest BCUT2D eigenvalue weighted by Gasteiger charge is -2.36. The van der Waals surface area contributed by atoms with Gasteiger partial charge in [0.15, 0.2) is 0 Å². The van der Waals surface area contributed by atoms with Crippen molar-refractivity contribution >= 4 is 17.3 Å². The highest BCUT2D eigenvalue weighted by atomic mass is 32.1. The zero-order valence-electron chi connectivity index (χ0n) is 12.8. The van der Waals surface area contributed by atoms with Crippen LogP contribution in [0.25, 0.3) is 0 Å². The third kappa shape index (κ3) is 4.53. The second kappa shape index (κ2) is 7.38. The number of nitrogens with one attached hydrogen (secondary N) is 1. The summed E-state index contributed by atoms with van der Waals surface area (Å²) in [4.78, 5) is 13.0. The predicted molar refractivity (Wildman–Crippen MR) is 84.3 cm³/mol. The molecule has 0 bridgehead atoms. The van der Waals surface area contributed by atoms with Gasteiger partial charge in [0.2, 0.25) is 0 Å². The van der Waals surface area contributed by atoms with Gasteiger partial charge in [-0.05, 0) is 51.0 Å². The van der Waals surface area contributed by atoms with Crippen LogP contribution in [0.3, 0.4) is 0 Å². The van der Waals surface area contributed by atoms with Gasteiger partial charge in [0, 0.05) is 17.5 Å². The molecule has 0 aliphatic heterocycles. The van der Waals surface area contributed by atoms with Crippen LogP contribution in [0.4, 0.5) is 0 Å². The fraction of sp³-hybridized carbons (Fsp3) is 0.688. The fourth-order valence-electron chi connectivity index (χ4n) is 2.81. The molecule has 0 unspecified atom stereocenters. The molecule has 1 saturated carbocycles. The number of hydrogen-bond acceptors (Lipinski definition) is 5. The Morgan fingerprint density at radius 1 is 1.57 bits per heavy atom. The normalized spacial score (nSPS) is 27.3. The Morgan fingerprint density at radius 2 is 2.29 bits per heavy atom. The second-order valence-corrected chi connectivity index (χ2v) is 6.85. The number of carbonyl (C=O) groups is 1. The molecule has 1 aliphatic carbocycles. The summed E-state index contributed by atoms with van der Waals surface area (Å²) < 4.78 is 5.06. The highest BCUT2D eigenvalue weighted by Crippen LogP contribution is 2.33. The summed E-state index contributed by atoms with van der Waals surface area (Å²) in [5.41, 5.74) is -0.700. The first-order chi connectivity index (χ1) is 10.0. The van der Waals surface area contributed by atoms with E-state index >= 15 is 0 Å². The minimum Gasteiger partial charge on any atom is -0.466 e. The van der Waals surface area contributed by atoms with Gasteiger partial charge in [0.25, 0.3) is 0 Å². The molecule has 1 aliphatic rings. The highest BCUT2D eigenvalue weighted by molar-refractivity contribution is 7.10. The van der Waals surface area contributed by atoms with Crippen molar-refractivity contribution in [2.45, 2.75) is 51.2 Å². The van der Waals surface area contributed by atoms with Crippen LogP contribution >= 0.6 is 11.3 Å². The average Bonchev–Trinajstić information content (AvgIpc) is 3.00. The van der Waals surface area contributed by atoms with Crippen LogP contribution in [0.15, 0.2) is 17.5 Å². The second-order valence-electron chi connectivity index (χ2n) is 5.87. The van der Waals surface area contributed by atoms with E-state index in [0.29, 0.717) is 38.8 Å². The standard InChI is InChI=1S/C16H25NO3S/c1-3-20-15(18)13-6-8-16(19,9-7-13)11-17-12(2)14-5-4-10-21-14/h4-5,10,12-13,17,19H,3,6-9,11H2,1-2H3/t12-,13?,16?/m0/s1. The average molecular weight is 311 g/mol. The molecule has 4 nitrogen and oxygen atoms in total. The smallest absolute Gasteiger partial charge is 0.308 e. The molecule has 0 radical (unpaired) electrons. The molecule has 1 fully saturated rings. The Hall–Kier alpha value is -0.910. The van der Waals surface area contributed by atoms with Gasteiger partial charge < -0.3 is 15.2 Å². The van der Waals surface area contributed by atoms with E-state index in [1.54, 1.807) is 11.3 Å². The van der Waals surface area contributed by atoms with Crippen LogP contribution in [0, 0.1) is 5.92 Å². The van der Waals surface area contributed by atoms with Gasteiger partial charge in [-0.3, -0.25) is 4.79 Å². The molecule has 0 saturated heterocycles. The molecule has 2 N–H and O–H groups in total. The summed E-state index contributed by atoms with van der Waals surface area (Å²) >= 11 is 1.72. The summed E-state index contributed by atoms with van der Waals surface area (Å²) in [6.45, 7) is 4.94. The minimum absolute atomic E-state index is 0.0417. The number of esters is 1. The zero-order chi connectivity index (χ0) is 15.3. The van der Waals surface area contributed by atoms with E-state index in [1.165, 1.54) is 4.88 Å². The topological polar surface area (TPSA) is 58.6 Å². The molecule has 1 aromatic heterocycles. The largest absolute Gasteiger partial charge is 0.466 e. The summed E-state index contributed by atoms with van der Waals surface area (Å²) in [6, 6.07) is 4.39. The van der Waals surface area contributed by atoms with Crippen LogP contribution in [-0.2, 0) is 9.53 Å². The monoisotopic (exact) mass is 311 g/mol. The lowest BCUT2D eigenvalue weighted by molar-refractivity contribution is -0.151. The third-order valence-electron chi connectivity index (χ3n) is 4.24. The fourth-order valence-corrected chi connectivity index (χ4v) is 3.57. The van der Waals surface area contributed by atoms with Crippen LogP contribution in [0.5, 0.6) is 0 Å². The van der Waals surface area contributed by atoms with Crippen molar-refractivity contribution in [2.24, 2.45) is 5.92 Å². The highest BCUT2D eigenvalue weighted by Gasteiger charge is 2.36. The van der Waals surface area contributed by atoms with Gasteiger partial charge in [-0.15, -0.1) is 11.3 Å². The van der Waals surface area contributed by atoms with Gasteiger partial charge in [0.05, 0.1) is 18.1 Å². The lowest BCUT2D eigenvalue weighted by atomic mass is 9.78. The molecular weight excluding hydrogens is 286 g/mol. The quantitative estimate of drug-likeness (QED) is 0.793. The molecule has 0 amide bonds. The van der Waals surface area contributed by atoms with E-state index in [9.17, 15) is 9.90 Å². The molecule has 1 heterocycles. The maximum absolute atomic E-state index is 11.7. The molecule has 5 heteroatoms. The number of ether oxygens (including phenoxy) is 1. The zero-order valence-corrected chi connectivity index (χ0v) is 13.6. The van der Waals surface area contributed by atoms with E-state index in [-0.39, 0.29) is 17.9 Å². The van der Waals surface area contributed by atoms with Crippen molar-refractivity contribution in [1.29, 1.82) is 0 Å². The molecule has 2 rings (SSSR count). The Labute approximate surface area is 130 Å². The summed E-state index contributed by atoms with van der Waals surface area (Å²) in [7, 11) is 0. The molecule has 118 valence electrons. The van der Waals surface area contributed by atoms with Gasteiger partial charge >= 0.3 is 5.97 Å². The Kier molecular flexibility index (Phi) is 5.79. The van der Waals surface area contributed by atoms with Crippen molar-refractivity contribution in [2.75, 3.05) is 13.2 Å². The van der Waals surface area contributed by atoms with E-state index in [2.05, 4.69) is 23.7 Å². The SMILES string of the molecule is CCOC(=O)C1CCC(O)(CN[C@@H](C)c2cccs2)CC1. The number of thiophene rings is 1. The number of aliphatic hydroxyl groups is 1. The van der Waals surface area contributed by atoms with Crippen LogP contribution < -0.4 is 5.32 Å². The molecule has 1 atom stereocenters. The molecule has 21 heavy (non-hydrogen) atoms. The van der Waals surface area contributed by atoms with Crippen molar-refractivity contribution in [3.8, 4) is 0 Å².